The van der Waals surface area contributed by atoms with Gasteiger partial charge >= 0.3 is 23.5 Å². The minimum Gasteiger partial charge on any atom is -0.494 e. The first kappa shape index (κ1) is 50.0. The Morgan fingerprint density at radius 3 is 1.43 bits per heavy atom. The van der Waals surface area contributed by atoms with Gasteiger partial charge in [0, 0.05) is 11.4 Å². The standard InChI is InChI=1S/C24H23NO5.C23H21NO7S.O2S/c1-15(2)29-18-10-6-17(7-11-18)25-23(26)21-13-12-20(14-22(21)24(27)28)30-19-8-4-16(3)5-9-19;1-3-28-17-10-6-16(7-11-17)24-22(25)20-13-12-19(14-21(20)23(26)27)30-32-31-29-18-8-4-15(2)5-9-18;1-3-2/h4-15H,1-3H3,(H,25,26)(H,27,28);4-14H,3H2,1-2H3,(H,24,25)(H,26,27);. The highest BCUT2D eigenvalue weighted by Crippen LogP contribution is 2.27. The molecule has 0 atom stereocenters. The van der Waals surface area contributed by atoms with Gasteiger partial charge in [-0.1, -0.05) is 39.7 Å². The second kappa shape index (κ2) is 25.4. The van der Waals surface area contributed by atoms with Gasteiger partial charge in [0.2, 0.25) is 0 Å². The lowest BCUT2D eigenvalue weighted by Gasteiger charge is -2.12. The number of ether oxygens (including phenoxy) is 3. The Morgan fingerprint density at radius 2 is 0.969 bits per heavy atom. The van der Waals surface area contributed by atoms with Gasteiger partial charge in [-0.2, -0.15) is 8.42 Å². The van der Waals surface area contributed by atoms with Crippen LogP contribution >= 0.6 is 12.3 Å². The lowest BCUT2D eigenvalue weighted by molar-refractivity contribution is -0.0833. The lowest BCUT2D eigenvalue weighted by atomic mass is 10.1. The molecule has 0 spiro atoms. The van der Waals surface area contributed by atoms with Crippen LogP contribution in [0.5, 0.6) is 34.5 Å². The molecule has 6 aromatic rings. The molecule has 0 heterocycles. The second-order valence-electron chi connectivity index (χ2n) is 13.7. The van der Waals surface area contributed by atoms with Crippen molar-refractivity contribution in [1.82, 2.24) is 0 Å². The number of carboxylic acid groups (broad SMARTS) is 2. The summed E-state index contributed by atoms with van der Waals surface area (Å²) in [6.07, 6.45) is 0.0456. The number of amides is 2. The average molecular weight is 925 g/mol. The largest absolute Gasteiger partial charge is 0.494 e. The molecule has 2 amide bonds. The van der Waals surface area contributed by atoms with Gasteiger partial charge in [-0.3, -0.25) is 9.59 Å². The fourth-order valence-corrected chi connectivity index (χ4v) is 5.76. The predicted octanol–water partition coefficient (Wildman–Crippen LogP) is 10.2. The van der Waals surface area contributed by atoms with Crippen LogP contribution in [-0.4, -0.2) is 55.1 Å². The molecule has 16 nitrogen and oxygen atoms in total. The molecule has 0 saturated heterocycles. The number of carboxylic acids is 2. The Labute approximate surface area is 382 Å². The molecular weight excluding hydrogens is 881 g/mol. The van der Waals surface area contributed by atoms with Gasteiger partial charge in [0.25, 0.3) is 24.1 Å². The SMILES string of the molecule is CCOc1ccc(NC(=O)c2ccc(OSOOc3ccc(C)cc3)cc2C(=O)O)cc1.Cc1ccc(Oc2ccc(C(=O)Nc3ccc(OC(C)C)cc3)c(C(=O)O)c2)cc1.O=S=O. The molecule has 4 N–H and O–H groups in total. The Kier molecular flexibility index (Phi) is 19.6. The first-order chi connectivity index (χ1) is 31.2. The average Bonchev–Trinajstić information content (AvgIpc) is 3.28. The molecule has 0 unspecified atom stereocenters. The summed E-state index contributed by atoms with van der Waals surface area (Å²) >= 11 is -0.230. The van der Waals surface area contributed by atoms with Crippen LogP contribution in [0.2, 0.25) is 0 Å². The number of benzene rings is 6. The molecule has 6 rings (SSSR count). The number of hydrogen-bond acceptors (Lipinski definition) is 13. The van der Waals surface area contributed by atoms with Crippen LogP contribution in [0.15, 0.2) is 133 Å². The molecule has 0 bridgehead atoms. The number of carbonyl (C=O) groups excluding carboxylic acids is 2. The zero-order valence-electron chi connectivity index (χ0n) is 35.6. The number of anilines is 2. The zero-order valence-corrected chi connectivity index (χ0v) is 37.2. The van der Waals surface area contributed by atoms with Gasteiger partial charge < -0.3 is 44.1 Å². The summed E-state index contributed by atoms with van der Waals surface area (Å²) in [5, 5.41) is 24.5. The number of aryl methyl sites for hydroxylation is 2. The van der Waals surface area contributed by atoms with Gasteiger partial charge in [-0.25, -0.2) is 9.59 Å². The zero-order chi connectivity index (χ0) is 47.3. The van der Waals surface area contributed by atoms with E-state index in [1.807, 2.05) is 58.9 Å². The Morgan fingerprint density at radius 1 is 0.554 bits per heavy atom. The predicted molar refractivity (Wildman–Crippen MR) is 244 cm³/mol. The van der Waals surface area contributed by atoms with E-state index in [2.05, 4.69) is 10.6 Å². The van der Waals surface area contributed by atoms with Crippen molar-refractivity contribution >= 4 is 59.0 Å². The van der Waals surface area contributed by atoms with E-state index < -0.39 is 35.3 Å². The van der Waals surface area contributed by atoms with Crippen molar-refractivity contribution in [2.45, 2.75) is 40.7 Å². The molecule has 0 aromatic heterocycles. The molecule has 18 heteroatoms. The maximum Gasteiger partial charge on any atom is 0.336 e. The fourth-order valence-electron chi connectivity index (χ4n) is 5.44. The van der Waals surface area contributed by atoms with Crippen LogP contribution in [0, 0.1) is 13.8 Å². The van der Waals surface area contributed by atoms with Crippen LogP contribution in [0.25, 0.3) is 0 Å². The number of carbonyl (C=O) groups is 4. The van der Waals surface area contributed by atoms with E-state index in [0.717, 1.165) is 11.1 Å². The van der Waals surface area contributed by atoms with E-state index in [1.165, 1.54) is 30.3 Å². The van der Waals surface area contributed by atoms with Crippen LogP contribution in [0.4, 0.5) is 11.4 Å². The summed E-state index contributed by atoms with van der Waals surface area (Å²) in [4.78, 5) is 53.7. The summed E-state index contributed by atoms with van der Waals surface area (Å²) in [7, 11) is 0. The number of nitrogens with one attached hydrogen (secondary N) is 2. The quantitative estimate of drug-likeness (QED) is 0.0289. The molecule has 0 fully saturated rings. The summed E-state index contributed by atoms with van der Waals surface area (Å²) in [5.74, 6) is -0.630. The molecule has 0 aliphatic rings. The van der Waals surface area contributed by atoms with Gasteiger partial charge in [-0.05, 0) is 144 Å². The first-order valence-corrected chi connectivity index (χ1v) is 20.8. The second-order valence-corrected chi connectivity index (χ2v) is 14.3. The van der Waals surface area contributed by atoms with Gasteiger partial charge in [0.1, 0.15) is 28.7 Å². The van der Waals surface area contributed by atoms with Gasteiger partial charge in [0.05, 0.1) is 35.0 Å². The minimum atomic E-state index is -1.27. The molecule has 0 aliphatic heterocycles. The van der Waals surface area contributed by atoms with Gasteiger partial charge in [-0.15, -0.1) is 0 Å². The summed E-state index contributed by atoms with van der Waals surface area (Å²) in [6, 6.07) is 36.6. The van der Waals surface area contributed by atoms with E-state index in [9.17, 15) is 29.4 Å². The number of aromatic carboxylic acids is 2. The molecule has 0 saturated carbocycles. The third-order valence-electron chi connectivity index (χ3n) is 8.41. The van der Waals surface area contributed by atoms with Gasteiger partial charge in [0.15, 0.2) is 5.75 Å². The van der Waals surface area contributed by atoms with Crippen LogP contribution < -0.4 is 33.9 Å². The molecule has 0 aliphatic carbocycles. The fraction of sp³-hybridized carbons (Fsp3) is 0.149. The van der Waals surface area contributed by atoms with Crippen molar-refractivity contribution in [1.29, 1.82) is 0 Å². The Hall–Kier alpha value is -7.67. The third-order valence-corrected chi connectivity index (χ3v) is 8.79. The van der Waals surface area contributed by atoms with Crippen molar-refractivity contribution in [2.24, 2.45) is 0 Å². The maximum atomic E-state index is 12.7. The maximum absolute atomic E-state index is 12.7. The highest BCUT2D eigenvalue weighted by molar-refractivity contribution is 7.90. The molecule has 338 valence electrons. The highest BCUT2D eigenvalue weighted by atomic mass is 32.2. The van der Waals surface area contributed by atoms with E-state index in [-0.39, 0.29) is 34.1 Å². The van der Waals surface area contributed by atoms with E-state index in [4.69, 9.17) is 36.0 Å². The highest BCUT2D eigenvalue weighted by Gasteiger charge is 2.20. The number of hydrogen-bond donors (Lipinski definition) is 4. The summed E-state index contributed by atoms with van der Waals surface area (Å²) in [6.45, 7) is 10.2. The van der Waals surface area contributed by atoms with Crippen molar-refractivity contribution in [2.75, 3.05) is 17.2 Å². The van der Waals surface area contributed by atoms with Crippen molar-refractivity contribution in [3.63, 3.8) is 0 Å². The van der Waals surface area contributed by atoms with Crippen molar-refractivity contribution < 1.29 is 65.4 Å². The molecule has 6 aromatic carbocycles. The normalized spacial score (nSPS) is 10.1. The molecule has 65 heavy (non-hydrogen) atoms. The van der Waals surface area contributed by atoms with Crippen LogP contribution in [-0.2, 0) is 15.9 Å². The van der Waals surface area contributed by atoms with Crippen molar-refractivity contribution in [3.8, 4) is 34.5 Å². The van der Waals surface area contributed by atoms with Crippen LogP contribution in [0.3, 0.4) is 0 Å². The Balaban J connectivity index is 0.000000269. The molecular formula is C47H44N2O14S2. The van der Waals surface area contributed by atoms with E-state index >= 15 is 0 Å². The number of rotatable bonds is 17. The van der Waals surface area contributed by atoms with E-state index in [1.54, 1.807) is 78.9 Å². The smallest absolute Gasteiger partial charge is 0.336 e. The monoisotopic (exact) mass is 924 g/mol. The topological polar surface area (TPSA) is 222 Å². The Bertz CT molecular complexity index is 2560. The lowest BCUT2D eigenvalue weighted by Crippen LogP contribution is -2.16. The first-order valence-electron chi connectivity index (χ1n) is 19.5. The third kappa shape index (κ3) is 16.5. The van der Waals surface area contributed by atoms with Crippen LogP contribution in [0.1, 0.15) is 73.3 Å². The minimum absolute atomic E-state index is 0.0134. The summed E-state index contributed by atoms with van der Waals surface area (Å²) in [5.41, 5.74) is 2.88. The van der Waals surface area contributed by atoms with Crippen molar-refractivity contribution in [3.05, 3.63) is 167 Å². The molecule has 0 radical (unpaired) electrons. The summed E-state index contributed by atoms with van der Waals surface area (Å²) < 4.78 is 43.4. The van der Waals surface area contributed by atoms with E-state index in [0.29, 0.717) is 59.1 Å².